The van der Waals surface area contributed by atoms with Crippen molar-refractivity contribution in [1.29, 1.82) is 0 Å². The Balaban J connectivity index is 2.18. The van der Waals surface area contributed by atoms with E-state index in [-0.39, 0.29) is 0 Å². The third-order valence-electron chi connectivity index (χ3n) is 3.99. The summed E-state index contributed by atoms with van der Waals surface area (Å²) in [6, 6.07) is 0. The largest absolute Gasteiger partial charge is 0.313 e. The first kappa shape index (κ1) is 14.8. The lowest BCUT2D eigenvalue weighted by molar-refractivity contribution is 0.413. The Morgan fingerprint density at radius 1 is 1.11 bits per heavy atom. The minimum absolute atomic E-state index is 0.465. The second kappa shape index (κ2) is 7.28. The van der Waals surface area contributed by atoms with Gasteiger partial charge in [0.25, 0.3) is 0 Å². The monoisotopic (exact) mass is 283 g/mol. The summed E-state index contributed by atoms with van der Waals surface area (Å²) in [5.74, 6) is 3.78. The highest BCUT2D eigenvalue weighted by Crippen LogP contribution is 2.30. The van der Waals surface area contributed by atoms with Crippen LogP contribution in [-0.2, 0) is 12.4 Å². The highest BCUT2D eigenvalue weighted by atomic mass is 35.5. The van der Waals surface area contributed by atoms with Crippen molar-refractivity contribution in [3.05, 3.63) is 11.6 Å². The van der Waals surface area contributed by atoms with Crippen LogP contribution in [0.5, 0.6) is 0 Å². The van der Waals surface area contributed by atoms with Gasteiger partial charge in [-0.25, -0.2) is 0 Å². The number of halogens is 1. The van der Waals surface area contributed by atoms with Crippen LogP contribution in [0, 0.1) is 5.92 Å². The summed E-state index contributed by atoms with van der Waals surface area (Å²) in [7, 11) is 0. The Bertz CT molecular complexity index is 379. The molecule has 19 heavy (non-hydrogen) atoms. The molecule has 0 saturated heterocycles. The third kappa shape index (κ3) is 3.95. The number of hydrogen-bond acceptors (Lipinski definition) is 2. The van der Waals surface area contributed by atoms with Crippen LogP contribution >= 0.6 is 11.6 Å². The van der Waals surface area contributed by atoms with Crippen molar-refractivity contribution in [3.63, 3.8) is 0 Å². The Hall–Kier alpha value is -0.570. The van der Waals surface area contributed by atoms with E-state index < -0.39 is 0 Å². The maximum Gasteiger partial charge on any atom is 0.147 e. The standard InChI is InChI=1S/C15H26ClN3/c1-12(2)11-19-14(10-16)17-18-15(19)13-8-6-4-3-5-7-9-13/h12-13H,3-11H2,1-2H3. The molecule has 1 aromatic rings. The molecule has 0 atom stereocenters. The molecule has 0 aromatic carbocycles. The molecule has 0 aliphatic heterocycles. The van der Waals surface area contributed by atoms with Crippen molar-refractivity contribution in [2.75, 3.05) is 0 Å². The molecule has 0 spiro atoms. The molecular formula is C15H26ClN3. The molecule has 1 aliphatic rings. The van der Waals surface area contributed by atoms with E-state index in [0.29, 0.717) is 17.7 Å². The molecule has 4 heteroatoms. The van der Waals surface area contributed by atoms with Crippen LogP contribution in [0.2, 0.25) is 0 Å². The van der Waals surface area contributed by atoms with Gasteiger partial charge in [0.05, 0.1) is 5.88 Å². The number of aromatic nitrogens is 3. The minimum Gasteiger partial charge on any atom is -0.313 e. The van der Waals surface area contributed by atoms with Crippen LogP contribution < -0.4 is 0 Å². The quantitative estimate of drug-likeness (QED) is 0.762. The number of nitrogens with zero attached hydrogens (tertiary/aromatic N) is 3. The number of rotatable bonds is 4. The summed E-state index contributed by atoms with van der Waals surface area (Å²) >= 11 is 6.00. The van der Waals surface area contributed by atoms with Gasteiger partial charge in [-0.15, -0.1) is 21.8 Å². The van der Waals surface area contributed by atoms with Gasteiger partial charge in [-0.3, -0.25) is 0 Å². The van der Waals surface area contributed by atoms with Gasteiger partial charge >= 0.3 is 0 Å². The van der Waals surface area contributed by atoms with Crippen LogP contribution in [-0.4, -0.2) is 14.8 Å². The van der Waals surface area contributed by atoms with Crippen molar-refractivity contribution in [3.8, 4) is 0 Å². The van der Waals surface area contributed by atoms with E-state index in [2.05, 4.69) is 28.6 Å². The molecular weight excluding hydrogens is 258 g/mol. The van der Waals surface area contributed by atoms with E-state index >= 15 is 0 Å². The van der Waals surface area contributed by atoms with Crippen molar-refractivity contribution >= 4 is 11.6 Å². The SMILES string of the molecule is CC(C)Cn1c(CCl)nnc1C1CCCCCCC1. The average Bonchev–Trinajstić information content (AvgIpc) is 2.71. The Morgan fingerprint density at radius 2 is 1.74 bits per heavy atom. The summed E-state index contributed by atoms with van der Waals surface area (Å²) in [5.41, 5.74) is 0. The molecule has 1 fully saturated rings. The van der Waals surface area contributed by atoms with Crippen LogP contribution in [0.15, 0.2) is 0 Å². The van der Waals surface area contributed by atoms with Crippen molar-refractivity contribution in [1.82, 2.24) is 14.8 Å². The summed E-state index contributed by atoms with van der Waals surface area (Å²) in [6.07, 6.45) is 9.33. The lowest BCUT2D eigenvalue weighted by Gasteiger charge is -2.21. The number of hydrogen-bond donors (Lipinski definition) is 0. The van der Waals surface area contributed by atoms with Gasteiger partial charge in [-0.2, -0.15) is 0 Å². The first-order chi connectivity index (χ1) is 9.22. The van der Waals surface area contributed by atoms with E-state index in [4.69, 9.17) is 11.6 Å². The van der Waals surface area contributed by atoms with Gasteiger partial charge < -0.3 is 4.57 Å². The Morgan fingerprint density at radius 3 is 2.32 bits per heavy atom. The molecule has 1 saturated carbocycles. The molecule has 1 aliphatic carbocycles. The minimum atomic E-state index is 0.465. The topological polar surface area (TPSA) is 30.7 Å². The molecule has 0 bridgehead atoms. The summed E-state index contributed by atoms with van der Waals surface area (Å²) < 4.78 is 2.28. The molecule has 108 valence electrons. The van der Waals surface area contributed by atoms with E-state index in [1.54, 1.807) is 0 Å². The lowest BCUT2D eigenvalue weighted by atomic mass is 9.90. The number of alkyl halides is 1. The van der Waals surface area contributed by atoms with Gasteiger partial charge in [-0.1, -0.05) is 46.0 Å². The van der Waals surface area contributed by atoms with Crippen molar-refractivity contribution in [2.45, 2.75) is 77.1 Å². The molecule has 0 amide bonds. The molecule has 2 rings (SSSR count). The maximum atomic E-state index is 6.00. The van der Waals surface area contributed by atoms with Crippen LogP contribution in [0.3, 0.4) is 0 Å². The van der Waals surface area contributed by atoms with Crippen molar-refractivity contribution < 1.29 is 0 Å². The smallest absolute Gasteiger partial charge is 0.147 e. The van der Waals surface area contributed by atoms with Crippen LogP contribution in [0.25, 0.3) is 0 Å². The molecule has 0 unspecified atom stereocenters. The predicted molar refractivity (Wildman–Crippen MR) is 79.5 cm³/mol. The second-order valence-electron chi connectivity index (χ2n) is 6.15. The summed E-state index contributed by atoms with van der Waals surface area (Å²) in [6.45, 7) is 5.46. The van der Waals surface area contributed by atoms with Crippen molar-refractivity contribution in [2.24, 2.45) is 5.92 Å². The predicted octanol–water partition coefficient (Wildman–Crippen LogP) is 4.50. The van der Waals surface area contributed by atoms with E-state index in [0.717, 1.165) is 12.4 Å². The molecule has 0 radical (unpaired) electrons. The molecule has 0 N–H and O–H groups in total. The summed E-state index contributed by atoms with van der Waals surface area (Å²) in [4.78, 5) is 0. The zero-order chi connectivity index (χ0) is 13.7. The highest BCUT2D eigenvalue weighted by molar-refractivity contribution is 6.16. The summed E-state index contributed by atoms with van der Waals surface area (Å²) in [5, 5.41) is 8.76. The van der Waals surface area contributed by atoms with Gasteiger partial charge in [0.1, 0.15) is 11.6 Å². The normalized spacial score (nSPS) is 18.5. The fourth-order valence-electron chi connectivity index (χ4n) is 3.03. The first-order valence-electron chi connectivity index (χ1n) is 7.70. The maximum absolute atomic E-state index is 6.00. The highest BCUT2D eigenvalue weighted by Gasteiger charge is 2.21. The van der Waals surface area contributed by atoms with E-state index in [9.17, 15) is 0 Å². The van der Waals surface area contributed by atoms with Gasteiger partial charge in [0.15, 0.2) is 0 Å². The molecule has 3 nitrogen and oxygen atoms in total. The van der Waals surface area contributed by atoms with E-state index in [1.807, 2.05) is 0 Å². The Labute approximate surface area is 121 Å². The van der Waals surface area contributed by atoms with Crippen LogP contribution in [0.1, 0.15) is 76.4 Å². The lowest BCUT2D eigenvalue weighted by Crippen LogP contribution is -2.15. The average molecular weight is 284 g/mol. The van der Waals surface area contributed by atoms with E-state index in [1.165, 1.54) is 50.8 Å². The zero-order valence-corrected chi connectivity index (χ0v) is 13.0. The van der Waals surface area contributed by atoms with Gasteiger partial charge in [0.2, 0.25) is 0 Å². The van der Waals surface area contributed by atoms with Crippen LogP contribution in [0.4, 0.5) is 0 Å². The van der Waals surface area contributed by atoms with Gasteiger partial charge in [-0.05, 0) is 18.8 Å². The third-order valence-corrected chi connectivity index (χ3v) is 4.23. The fourth-order valence-corrected chi connectivity index (χ4v) is 3.23. The first-order valence-corrected chi connectivity index (χ1v) is 8.23. The Kier molecular flexibility index (Phi) is 5.68. The van der Waals surface area contributed by atoms with Gasteiger partial charge in [0, 0.05) is 12.5 Å². The second-order valence-corrected chi connectivity index (χ2v) is 6.42. The zero-order valence-electron chi connectivity index (χ0n) is 12.2. The molecule has 1 heterocycles. The fraction of sp³-hybridized carbons (Fsp3) is 0.867. The molecule has 1 aromatic heterocycles.